The molecule has 0 saturated heterocycles. The van der Waals surface area contributed by atoms with Crippen molar-refractivity contribution in [1.29, 1.82) is 0 Å². The summed E-state index contributed by atoms with van der Waals surface area (Å²) < 4.78 is 1.60. The fourth-order valence-corrected chi connectivity index (χ4v) is 1.28. The first-order chi connectivity index (χ1) is 8.33. The standard InChI is InChI=1S/C10H15N7/c1-3-5-12-9-14-8(11-2)15-10(16-9)17-7-4-6-13-17/h4,6-7H,3,5H2,1-2H3,(H2,11,12,14,15,16). The van der Waals surface area contributed by atoms with Crippen LogP contribution in [0.2, 0.25) is 0 Å². The average molecular weight is 233 g/mol. The van der Waals surface area contributed by atoms with Gasteiger partial charge in [-0.2, -0.15) is 20.1 Å². The first-order valence-electron chi connectivity index (χ1n) is 5.51. The third-order valence-corrected chi connectivity index (χ3v) is 2.09. The van der Waals surface area contributed by atoms with Crippen LogP contribution in [0.25, 0.3) is 5.95 Å². The second kappa shape index (κ2) is 5.24. The van der Waals surface area contributed by atoms with Crippen LogP contribution >= 0.6 is 0 Å². The minimum Gasteiger partial charge on any atom is -0.357 e. The highest BCUT2D eigenvalue weighted by Gasteiger charge is 2.06. The third-order valence-electron chi connectivity index (χ3n) is 2.09. The van der Waals surface area contributed by atoms with Gasteiger partial charge in [0.25, 0.3) is 5.95 Å². The van der Waals surface area contributed by atoms with Crippen molar-refractivity contribution in [3.8, 4) is 5.95 Å². The van der Waals surface area contributed by atoms with Gasteiger partial charge in [0.1, 0.15) is 0 Å². The van der Waals surface area contributed by atoms with Crippen molar-refractivity contribution in [2.75, 3.05) is 24.2 Å². The molecule has 0 atom stereocenters. The summed E-state index contributed by atoms with van der Waals surface area (Å²) >= 11 is 0. The van der Waals surface area contributed by atoms with Gasteiger partial charge in [-0.25, -0.2) is 4.68 Å². The second-order valence-corrected chi connectivity index (χ2v) is 3.41. The Morgan fingerprint density at radius 3 is 2.71 bits per heavy atom. The number of rotatable bonds is 5. The molecule has 0 bridgehead atoms. The van der Waals surface area contributed by atoms with Crippen molar-refractivity contribution in [1.82, 2.24) is 24.7 Å². The van der Waals surface area contributed by atoms with E-state index in [1.807, 2.05) is 6.07 Å². The van der Waals surface area contributed by atoms with Gasteiger partial charge in [0.15, 0.2) is 0 Å². The van der Waals surface area contributed by atoms with E-state index >= 15 is 0 Å². The molecule has 0 aliphatic rings. The number of aromatic nitrogens is 5. The predicted octanol–water partition coefficient (Wildman–Crippen LogP) is 0.921. The van der Waals surface area contributed by atoms with Crippen LogP contribution in [0.1, 0.15) is 13.3 Å². The lowest BCUT2D eigenvalue weighted by atomic mass is 10.5. The maximum atomic E-state index is 4.29. The van der Waals surface area contributed by atoms with Crippen LogP contribution in [0, 0.1) is 0 Å². The van der Waals surface area contributed by atoms with E-state index < -0.39 is 0 Å². The summed E-state index contributed by atoms with van der Waals surface area (Å²) in [6.07, 6.45) is 4.48. The van der Waals surface area contributed by atoms with Gasteiger partial charge in [-0.1, -0.05) is 6.92 Å². The molecule has 2 rings (SSSR count). The van der Waals surface area contributed by atoms with Gasteiger partial charge in [0.2, 0.25) is 11.9 Å². The van der Waals surface area contributed by atoms with E-state index in [2.05, 4.69) is 37.6 Å². The Hall–Kier alpha value is -2.18. The summed E-state index contributed by atoms with van der Waals surface area (Å²) in [7, 11) is 1.77. The van der Waals surface area contributed by atoms with Gasteiger partial charge in [-0.05, 0) is 12.5 Å². The van der Waals surface area contributed by atoms with Crippen molar-refractivity contribution >= 4 is 11.9 Å². The molecule has 0 fully saturated rings. The van der Waals surface area contributed by atoms with E-state index in [9.17, 15) is 0 Å². The molecule has 0 spiro atoms. The van der Waals surface area contributed by atoms with Gasteiger partial charge in [-0.3, -0.25) is 0 Å². The molecule has 17 heavy (non-hydrogen) atoms. The molecule has 0 aliphatic heterocycles. The predicted molar refractivity (Wildman–Crippen MR) is 65.3 cm³/mol. The second-order valence-electron chi connectivity index (χ2n) is 3.41. The molecule has 2 N–H and O–H groups in total. The van der Waals surface area contributed by atoms with Crippen LogP contribution in [-0.2, 0) is 0 Å². The topological polar surface area (TPSA) is 80.5 Å². The van der Waals surface area contributed by atoms with E-state index in [0.29, 0.717) is 17.8 Å². The zero-order valence-corrected chi connectivity index (χ0v) is 9.88. The molecule has 2 aromatic heterocycles. The Bertz CT molecular complexity index is 466. The number of anilines is 2. The summed E-state index contributed by atoms with van der Waals surface area (Å²) in [5.74, 6) is 1.56. The molecule has 0 radical (unpaired) electrons. The fraction of sp³-hybridized carbons (Fsp3) is 0.400. The Morgan fingerprint density at radius 1 is 1.24 bits per heavy atom. The lowest BCUT2D eigenvalue weighted by Gasteiger charge is -2.07. The molecule has 0 aliphatic carbocycles. The van der Waals surface area contributed by atoms with E-state index in [-0.39, 0.29) is 0 Å². The molecule has 2 heterocycles. The Balaban J connectivity index is 2.32. The lowest BCUT2D eigenvalue weighted by Crippen LogP contribution is -2.11. The van der Waals surface area contributed by atoms with E-state index in [0.717, 1.165) is 13.0 Å². The highest BCUT2D eigenvalue weighted by Crippen LogP contribution is 2.07. The smallest absolute Gasteiger partial charge is 0.257 e. The van der Waals surface area contributed by atoms with Gasteiger partial charge < -0.3 is 10.6 Å². The molecule has 7 heteroatoms. The van der Waals surface area contributed by atoms with Gasteiger partial charge in [0.05, 0.1) is 0 Å². The molecular weight excluding hydrogens is 218 g/mol. The van der Waals surface area contributed by atoms with Crippen molar-refractivity contribution in [2.45, 2.75) is 13.3 Å². The Morgan fingerprint density at radius 2 is 2.06 bits per heavy atom. The highest BCUT2D eigenvalue weighted by atomic mass is 15.4. The van der Waals surface area contributed by atoms with Crippen LogP contribution in [0.15, 0.2) is 18.5 Å². The number of nitrogens with zero attached hydrogens (tertiary/aromatic N) is 5. The fourth-order valence-electron chi connectivity index (χ4n) is 1.28. The van der Waals surface area contributed by atoms with Crippen molar-refractivity contribution < 1.29 is 0 Å². The minimum atomic E-state index is 0.493. The SMILES string of the molecule is CCCNc1nc(NC)nc(-n2cccn2)n1. The first kappa shape index (κ1) is 11.3. The van der Waals surface area contributed by atoms with Gasteiger partial charge in [0, 0.05) is 26.0 Å². The Labute approximate surface area is 99.3 Å². The van der Waals surface area contributed by atoms with Crippen molar-refractivity contribution in [3.63, 3.8) is 0 Å². The molecule has 2 aromatic rings. The van der Waals surface area contributed by atoms with Gasteiger partial charge in [-0.15, -0.1) is 0 Å². The summed E-state index contributed by atoms with van der Waals surface area (Å²) in [4.78, 5) is 12.7. The zero-order valence-electron chi connectivity index (χ0n) is 9.88. The molecule has 0 amide bonds. The normalized spacial score (nSPS) is 10.2. The summed E-state index contributed by atoms with van der Waals surface area (Å²) in [6.45, 7) is 2.91. The lowest BCUT2D eigenvalue weighted by molar-refractivity contribution is 0.795. The molecule has 0 saturated carbocycles. The van der Waals surface area contributed by atoms with Crippen LogP contribution in [0.5, 0.6) is 0 Å². The van der Waals surface area contributed by atoms with E-state index in [1.54, 1.807) is 24.1 Å². The third kappa shape index (κ3) is 2.68. The summed E-state index contributed by atoms with van der Waals surface area (Å²) in [5.41, 5.74) is 0. The maximum Gasteiger partial charge on any atom is 0.257 e. The summed E-state index contributed by atoms with van der Waals surface area (Å²) in [6, 6.07) is 1.82. The van der Waals surface area contributed by atoms with Crippen LogP contribution in [0.3, 0.4) is 0 Å². The monoisotopic (exact) mass is 233 g/mol. The number of hydrogen-bond acceptors (Lipinski definition) is 6. The summed E-state index contributed by atoms with van der Waals surface area (Å²) in [5, 5.41) is 10.1. The zero-order chi connectivity index (χ0) is 12.1. The molecule has 0 aromatic carbocycles. The van der Waals surface area contributed by atoms with Crippen LogP contribution in [-0.4, -0.2) is 38.3 Å². The molecule has 0 unspecified atom stereocenters. The number of hydrogen-bond donors (Lipinski definition) is 2. The molecule has 7 nitrogen and oxygen atoms in total. The largest absolute Gasteiger partial charge is 0.357 e. The highest BCUT2D eigenvalue weighted by molar-refractivity contribution is 5.37. The van der Waals surface area contributed by atoms with Crippen LogP contribution < -0.4 is 10.6 Å². The Kier molecular flexibility index (Phi) is 3.49. The minimum absolute atomic E-state index is 0.493. The van der Waals surface area contributed by atoms with E-state index in [4.69, 9.17) is 0 Å². The molecular formula is C10H15N7. The molecule has 90 valence electrons. The number of nitrogens with one attached hydrogen (secondary N) is 2. The van der Waals surface area contributed by atoms with Crippen molar-refractivity contribution in [2.24, 2.45) is 0 Å². The van der Waals surface area contributed by atoms with Gasteiger partial charge >= 0.3 is 0 Å². The maximum absolute atomic E-state index is 4.29. The quantitative estimate of drug-likeness (QED) is 0.799. The first-order valence-corrected chi connectivity index (χ1v) is 5.51. The van der Waals surface area contributed by atoms with Crippen molar-refractivity contribution in [3.05, 3.63) is 18.5 Å². The van der Waals surface area contributed by atoms with Crippen LogP contribution in [0.4, 0.5) is 11.9 Å². The average Bonchev–Trinajstić information content (AvgIpc) is 2.89. The van der Waals surface area contributed by atoms with E-state index in [1.165, 1.54) is 0 Å².